The number of amides is 3. The third kappa shape index (κ3) is 2.21. The van der Waals surface area contributed by atoms with Crippen LogP contribution >= 0.6 is 0 Å². The molecule has 1 aliphatic heterocycles. The summed E-state index contributed by atoms with van der Waals surface area (Å²) in [5, 5.41) is 2.82. The summed E-state index contributed by atoms with van der Waals surface area (Å²) in [4.78, 5) is 40.5. The van der Waals surface area contributed by atoms with Gasteiger partial charge in [-0.25, -0.2) is 0 Å². The molecule has 19 heavy (non-hydrogen) atoms. The topological polar surface area (TPSA) is 79.4 Å². The lowest BCUT2D eigenvalue weighted by atomic mass is 10.2. The van der Waals surface area contributed by atoms with Crippen molar-refractivity contribution < 1.29 is 14.4 Å². The molecule has 1 saturated carbocycles. The van der Waals surface area contributed by atoms with Gasteiger partial charge in [0, 0.05) is 25.2 Å². The molecular weight excluding hydrogens is 246 g/mol. The van der Waals surface area contributed by atoms with Crippen LogP contribution in [-0.4, -0.2) is 40.2 Å². The van der Waals surface area contributed by atoms with Crippen molar-refractivity contribution in [2.75, 3.05) is 6.54 Å². The van der Waals surface area contributed by atoms with Crippen molar-refractivity contribution >= 4 is 17.7 Å². The Balaban J connectivity index is 1.65. The van der Waals surface area contributed by atoms with Gasteiger partial charge in [-0.2, -0.15) is 0 Å². The summed E-state index contributed by atoms with van der Waals surface area (Å²) in [6.07, 6.45) is 3.65. The van der Waals surface area contributed by atoms with Gasteiger partial charge in [0.2, 0.25) is 5.91 Å². The average molecular weight is 259 g/mol. The van der Waals surface area contributed by atoms with Crippen molar-refractivity contribution in [1.82, 2.24) is 15.2 Å². The summed E-state index contributed by atoms with van der Waals surface area (Å²) in [6.45, 7) is 0.104. The van der Waals surface area contributed by atoms with Crippen LogP contribution in [0.15, 0.2) is 18.3 Å². The highest BCUT2D eigenvalue weighted by Gasteiger charge is 2.36. The summed E-state index contributed by atoms with van der Waals surface area (Å²) >= 11 is 0. The number of pyridine rings is 1. The lowest BCUT2D eigenvalue weighted by molar-refractivity contribution is -0.121. The Morgan fingerprint density at radius 1 is 1.37 bits per heavy atom. The minimum atomic E-state index is -0.417. The van der Waals surface area contributed by atoms with Crippen LogP contribution in [0.3, 0.4) is 0 Å². The summed E-state index contributed by atoms with van der Waals surface area (Å²) < 4.78 is 0. The minimum absolute atomic E-state index is 0.104. The number of imide groups is 1. The minimum Gasteiger partial charge on any atom is -0.353 e. The SMILES string of the molecule is O=C(CCN1C(=O)c2cccnc2C1=O)NC1CC1. The predicted octanol–water partition coefficient (Wildman–Crippen LogP) is 0.346. The molecule has 1 aromatic rings. The van der Waals surface area contributed by atoms with E-state index < -0.39 is 5.91 Å². The van der Waals surface area contributed by atoms with Crippen molar-refractivity contribution in [2.45, 2.75) is 25.3 Å². The number of rotatable bonds is 4. The van der Waals surface area contributed by atoms with E-state index in [1.165, 1.54) is 6.20 Å². The van der Waals surface area contributed by atoms with Crippen molar-refractivity contribution in [3.8, 4) is 0 Å². The van der Waals surface area contributed by atoms with Crippen LogP contribution in [0.1, 0.15) is 40.1 Å². The zero-order chi connectivity index (χ0) is 13.4. The van der Waals surface area contributed by atoms with Gasteiger partial charge in [0.25, 0.3) is 11.8 Å². The number of carbonyl (C=O) groups is 3. The summed E-state index contributed by atoms with van der Waals surface area (Å²) in [7, 11) is 0. The molecule has 1 aliphatic carbocycles. The zero-order valence-electron chi connectivity index (χ0n) is 10.3. The van der Waals surface area contributed by atoms with Crippen LogP contribution in [0, 0.1) is 0 Å². The normalized spacial score (nSPS) is 17.6. The van der Waals surface area contributed by atoms with Gasteiger partial charge in [0.05, 0.1) is 5.56 Å². The number of fused-ring (bicyclic) bond motifs is 1. The van der Waals surface area contributed by atoms with Crippen molar-refractivity contribution in [2.24, 2.45) is 0 Å². The first-order valence-corrected chi connectivity index (χ1v) is 6.27. The van der Waals surface area contributed by atoms with Crippen LogP contribution in [0.2, 0.25) is 0 Å². The molecule has 6 nitrogen and oxygen atoms in total. The Morgan fingerprint density at radius 3 is 2.84 bits per heavy atom. The molecule has 0 radical (unpaired) electrons. The lowest BCUT2D eigenvalue weighted by Gasteiger charge is -2.12. The molecule has 6 heteroatoms. The molecule has 3 rings (SSSR count). The first-order chi connectivity index (χ1) is 9.16. The predicted molar refractivity (Wildman–Crippen MR) is 65.4 cm³/mol. The Bertz CT molecular complexity index is 531. The first-order valence-electron chi connectivity index (χ1n) is 6.27. The summed E-state index contributed by atoms with van der Waals surface area (Å²) in [5.41, 5.74) is 0.491. The first kappa shape index (κ1) is 11.8. The number of hydrogen-bond acceptors (Lipinski definition) is 4. The number of carbonyl (C=O) groups excluding carboxylic acids is 3. The van der Waals surface area contributed by atoms with Crippen molar-refractivity contribution in [1.29, 1.82) is 0 Å². The van der Waals surface area contributed by atoms with Crippen molar-refractivity contribution in [3.63, 3.8) is 0 Å². The molecule has 0 bridgehead atoms. The summed E-state index contributed by atoms with van der Waals surface area (Å²) in [5.74, 6) is -0.904. The Morgan fingerprint density at radius 2 is 2.16 bits per heavy atom. The molecule has 3 amide bonds. The molecule has 2 aliphatic rings. The molecule has 98 valence electrons. The van der Waals surface area contributed by atoms with E-state index in [2.05, 4.69) is 10.3 Å². The van der Waals surface area contributed by atoms with E-state index in [-0.39, 0.29) is 36.5 Å². The molecular formula is C13H13N3O3. The van der Waals surface area contributed by atoms with E-state index >= 15 is 0 Å². The highest BCUT2D eigenvalue weighted by molar-refractivity contribution is 6.20. The van der Waals surface area contributed by atoms with Crippen LogP contribution in [0.5, 0.6) is 0 Å². The number of nitrogens with zero attached hydrogens (tertiary/aromatic N) is 2. The standard InChI is InChI=1S/C13H13N3O3/c17-10(15-8-3-4-8)5-7-16-12(18)9-2-1-6-14-11(9)13(16)19/h1-2,6,8H,3-5,7H2,(H,15,17). The zero-order valence-corrected chi connectivity index (χ0v) is 10.3. The van der Waals surface area contributed by atoms with Gasteiger partial charge in [-0.15, -0.1) is 0 Å². The van der Waals surface area contributed by atoms with Gasteiger partial charge in [-0.05, 0) is 25.0 Å². The average Bonchev–Trinajstić information content (AvgIpc) is 3.18. The molecule has 2 heterocycles. The number of nitrogens with one attached hydrogen (secondary N) is 1. The monoisotopic (exact) mass is 259 g/mol. The van der Waals surface area contributed by atoms with Crippen LogP contribution in [0.4, 0.5) is 0 Å². The fourth-order valence-corrected chi connectivity index (χ4v) is 2.06. The van der Waals surface area contributed by atoms with E-state index in [0.29, 0.717) is 5.56 Å². The van der Waals surface area contributed by atoms with Crippen LogP contribution in [0.25, 0.3) is 0 Å². The van der Waals surface area contributed by atoms with E-state index in [4.69, 9.17) is 0 Å². The molecule has 0 spiro atoms. The maximum Gasteiger partial charge on any atom is 0.280 e. The second-order valence-corrected chi connectivity index (χ2v) is 4.75. The van der Waals surface area contributed by atoms with E-state index in [1.54, 1.807) is 12.1 Å². The Kier molecular flexibility index (Phi) is 2.77. The van der Waals surface area contributed by atoms with Crippen LogP contribution < -0.4 is 5.32 Å². The molecule has 1 N–H and O–H groups in total. The second-order valence-electron chi connectivity index (χ2n) is 4.75. The highest BCUT2D eigenvalue weighted by atomic mass is 16.2. The number of aromatic nitrogens is 1. The molecule has 0 unspecified atom stereocenters. The fraction of sp³-hybridized carbons (Fsp3) is 0.385. The van der Waals surface area contributed by atoms with Gasteiger partial charge >= 0.3 is 0 Å². The van der Waals surface area contributed by atoms with Gasteiger partial charge in [-0.1, -0.05) is 0 Å². The van der Waals surface area contributed by atoms with Crippen molar-refractivity contribution in [3.05, 3.63) is 29.6 Å². The largest absolute Gasteiger partial charge is 0.353 e. The van der Waals surface area contributed by atoms with Crippen LogP contribution in [-0.2, 0) is 4.79 Å². The lowest BCUT2D eigenvalue weighted by Crippen LogP contribution is -2.35. The third-order valence-corrected chi connectivity index (χ3v) is 3.24. The van der Waals surface area contributed by atoms with Gasteiger partial charge in [0.1, 0.15) is 5.69 Å². The van der Waals surface area contributed by atoms with Gasteiger partial charge < -0.3 is 5.32 Å². The molecule has 1 fully saturated rings. The van der Waals surface area contributed by atoms with E-state index in [0.717, 1.165) is 17.7 Å². The molecule has 1 aromatic heterocycles. The smallest absolute Gasteiger partial charge is 0.280 e. The third-order valence-electron chi connectivity index (χ3n) is 3.24. The molecule has 0 saturated heterocycles. The quantitative estimate of drug-likeness (QED) is 0.791. The maximum atomic E-state index is 12.0. The van der Waals surface area contributed by atoms with Gasteiger partial charge in [0.15, 0.2) is 0 Å². The Hall–Kier alpha value is -2.24. The summed E-state index contributed by atoms with van der Waals surface area (Å²) in [6, 6.07) is 3.48. The maximum absolute atomic E-state index is 12.0. The fourth-order valence-electron chi connectivity index (χ4n) is 2.06. The molecule has 0 atom stereocenters. The van der Waals surface area contributed by atoms with Gasteiger partial charge in [-0.3, -0.25) is 24.3 Å². The highest BCUT2D eigenvalue weighted by Crippen LogP contribution is 2.21. The second kappa shape index (κ2) is 4.46. The Labute approximate surface area is 109 Å². The number of hydrogen-bond donors (Lipinski definition) is 1. The van der Waals surface area contributed by atoms with E-state index in [1.807, 2.05) is 0 Å². The van der Waals surface area contributed by atoms with E-state index in [9.17, 15) is 14.4 Å². The molecule has 0 aromatic carbocycles.